The number of hydrogen-bond donors (Lipinski definition) is 1. The molecule has 0 aliphatic carbocycles. The van der Waals surface area contributed by atoms with Gasteiger partial charge in [-0.25, -0.2) is 14.4 Å². The topological polar surface area (TPSA) is 55.6 Å². The second-order valence-corrected chi connectivity index (χ2v) is 4.79. The first-order valence-electron chi connectivity index (χ1n) is 5.92. The fourth-order valence-electron chi connectivity index (χ4n) is 2.08. The lowest BCUT2D eigenvalue weighted by molar-refractivity contribution is 0.628. The summed E-state index contributed by atoms with van der Waals surface area (Å²) < 4.78 is 14.8. The number of fused-ring (bicyclic) bond motifs is 1. The van der Waals surface area contributed by atoms with Gasteiger partial charge in [-0.3, -0.25) is 4.68 Å². The van der Waals surface area contributed by atoms with Gasteiger partial charge in [-0.1, -0.05) is 11.6 Å². The Morgan fingerprint density at radius 3 is 2.85 bits per heavy atom. The summed E-state index contributed by atoms with van der Waals surface area (Å²) >= 11 is 5.77. The summed E-state index contributed by atoms with van der Waals surface area (Å²) in [5, 5.41) is 8.31. The first-order chi connectivity index (χ1) is 9.56. The van der Waals surface area contributed by atoms with Crippen molar-refractivity contribution in [3.63, 3.8) is 0 Å². The predicted octanol–water partition coefficient (Wildman–Crippen LogP) is 3.21. The molecule has 3 aromatic rings. The molecule has 1 aromatic carbocycles. The van der Waals surface area contributed by atoms with Crippen molar-refractivity contribution in [1.29, 1.82) is 0 Å². The van der Waals surface area contributed by atoms with Gasteiger partial charge in [0, 0.05) is 12.7 Å². The smallest absolute Gasteiger partial charge is 0.163 e. The summed E-state index contributed by atoms with van der Waals surface area (Å²) in [5.41, 5.74) is 2.20. The molecule has 7 heteroatoms. The maximum Gasteiger partial charge on any atom is 0.163 e. The van der Waals surface area contributed by atoms with E-state index >= 15 is 0 Å². The lowest BCUT2D eigenvalue weighted by atomic mass is 10.2. The molecule has 0 radical (unpaired) electrons. The highest BCUT2D eigenvalue weighted by Gasteiger charge is 2.12. The Morgan fingerprint density at radius 2 is 2.10 bits per heavy atom. The molecule has 0 spiro atoms. The molecule has 102 valence electrons. The molecular formula is C13H11ClFN5. The van der Waals surface area contributed by atoms with E-state index < -0.39 is 5.82 Å². The van der Waals surface area contributed by atoms with E-state index in [1.165, 1.54) is 18.5 Å². The molecule has 1 N–H and O–H groups in total. The number of halogens is 2. The van der Waals surface area contributed by atoms with Gasteiger partial charge >= 0.3 is 0 Å². The average molecular weight is 292 g/mol. The van der Waals surface area contributed by atoms with Gasteiger partial charge in [0.1, 0.15) is 18.0 Å². The number of aryl methyl sites for hydroxylation is 2. The van der Waals surface area contributed by atoms with Gasteiger partial charge < -0.3 is 5.32 Å². The minimum absolute atomic E-state index is 0.0585. The van der Waals surface area contributed by atoms with E-state index in [9.17, 15) is 4.39 Å². The van der Waals surface area contributed by atoms with Crippen LogP contribution >= 0.6 is 11.6 Å². The summed E-state index contributed by atoms with van der Waals surface area (Å²) in [5.74, 6) is 0.158. The summed E-state index contributed by atoms with van der Waals surface area (Å²) in [6.45, 7) is 1.88. The Kier molecular flexibility index (Phi) is 3.02. The van der Waals surface area contributed by atoms with Crippen molar-refractivity contribution < 1.29 is 4.39 Å². The van der Waals surface area contributed by atoms with Crippen molar-refractivity contribution in [1.82, 2.24) is 19.7 Å². The van der Waals surface area contributed by atoms with Crippen molar-refractivity contribution in [3.05, 3.63) is 41.1 Å². The molecule has 0 aliphatic heterocycles. The minimum Gasteiger partial charge on any atom is -0.339 e. The molecule has 0 saturated heterocycles. The third kappa shape index (κ3) is 2.08. The van der Waals surface area contributed by atoms with E-state index in [0.29, 0.717) is 11.5 Å². The van der Waals surface area contributed by atoms with Gasteiger partial charge in [-0.2, -0.15) is 5.10 Å². The summed E-state index contributed by atoms with van der Waals surface area (Å²) in [6.07, 6.45) is 1.46. The summed E-state index contributed by atoms with van der Waals surface area (Å²) in [7, 11) is 1.82. The van der Waals surface area contributed by atoms with Gasteiger partial charge in [-0.15, -0.1) is 0 Å². The number of anilines is 2. The molecule has 0 aliphatic rings. The van der Waals surface area contributed by atoms with Crippen LogP contribution in [0.4, 0.5) is 15.9 Å². The monoisotopic (exact) mass is 291 g/mol. The molecule has 0 amide bonds. The van der Waals surface area contributed by atoms with Crippen LogP contribution in [-0.2, 0) is 7.05 Å². The Bertz CT molecular complexity index is 799. The van der Waals surface area contributed by atoms with Crippen LogP contribution < -0.4 is 5.32 Å². The maximum absolute atomic E-state index is 13.2. The molecule has 0 atom stereocenters. The second-order valence-electron chi connectivity index (χ2n) is 4.38. The van der Waals surface area contributed by atoms with Crippen LogP contribution in [0.1, 0.15) is 5.69 Å². The van der Waals surface area contributed by atoms with Crippen LogP contribution in [0.15, 0.2) is 24.5 Å². The number of nitrogens with zero attached hydrogens (tertiary/aromatic N) is 4. The highest BCUT2D eigenvalue weighted by molar-refractivity contribution is 6.31. The minimum atomic E-state index is -0.456. The molecule has 2 aromatic heterocycles. The number of rotatable bonds is 2. The molecule has 0 unspecified atom stereocenters. The fraction of sp³-hybridized carbons (Fsp3) is 0.154. The van der Waals surface area contributed by atoms with Crippen molar-refractivity contribution in [2.24, 2.45) is 7.05 Å². The van der Waals surface area contributed by atoms with E-state index in [2.05, 4.69) is 20.4 Å². The molecule has 0 bridgehead atoms. The second kappa shape index (κ2) is 4.72. The lowest BCUT2D eigenvalue weighted by Crippen LogP contribution is -1.97. The Morgan fingerprint density at radius 1 is 1.30 bits per heavy atom. The van der Waals surface area contributed by atoms with Crippen LogP contribution in [-0.4, -0.2) is 19.7 Å². The number of aromatic nitrogens is 4. The molecule has 2 heterocycles. The van der Waals surface area contributed by atoms with Gasteiger partial charge in [0.05, 0.1) is 16.1 Å². The van der Waals surface area contributed by atoms with Crippen molar-refractivity contribution >= 4 is 34.1 Å². The van der Waals surface area contributed by atoms with Crippen molar-refractivity contribution in [2.45, 2.75) is 6.92 Å². The van der Waals surface area contributed by atoms with Crippen LogP contribution in [0.5, 0.6) is 0 Å². The van der Waals surface area contributed by atoms with Gasteiger partial charge in [0.2, 0.25) is 0 Å². The lowest BCUT2D eigenvalue weighted by Gasteiger charge is -2.07. The third-order valence-electron chi connectivity index (χ3n) is 2.98. The normalized spacial score (nSPS) is 11.0. The van der Waals surface area contributed by atoms with Crippen molar-refractivity contribution in [2.75, 3.05) is 5.32 Å². The van der Waals surface area contributed by atoms with E-state index in [0.717, 1.165) is 16.7 Å². The third-order valence-corrected chi connectivity index (χ3v) is 3.27. The van der Waals surface area contributed by atoms with Gasteiger partial charge in [0.25, 0.3) is 0 Å². The standard InChI is InChI=1S/C13H11ClFN5/c1-7-11-12(16-6-17-13(11)20(2)19-7)18-8-3-4-10(15)9(14)5-8/h3-6H,1-2H3,(H,16,17,18). The SMILES string of the molecule is Cc1nn(C)c2ncnc(Nc3ccc(F)c(Cl)c3)c12. The molecule has 5 nitrogen and oxygen atoms in total. The summed E-state index contributed by atoms with van der Waals surface area (Å²) in [6, 6.07) is 4.41. The number of nitrogens with one attached hydrogen (secondary N) is 1. The van der Waals surface area contributed by atoms with E-state index in [1.54, 1.807) is 10.7 Å². The Labute approximate surface area is 119 Å². The molecule has 0 saturated carbocycles. The fourth-order valence-corrected chi connectivity index (χ4v) is 2.26. The molecule has 20 heavy (non-hydrogen) atoms. The Hall–Kier alpha value is -2.21. The van der Waals surface area contributed by atoms with Crippen LogP contribution in [0, 0.1) is 12.7 Å². The van der Waals surface area contributed by atoms with Crippen LogP contribution in [0.25, 0.3) is 11.0 Å². The zero-order chi connectivity index (χ0) is 14.3. The zero-order valence-corrected chi connectivity index (χ0v) is 11.6. The van der Waals surface area contributed by atoms with Gasteiger partial charge in [0.15, 0.2) is 5.65 Å². The van der Waals surface area contributed by atoms with E-state index in [1.807, 2.05) is 14.0 Å². The van der Waals surface area contributed by atoms with Gasteiger partial charge in [-0.05, 0) is 25.1 Å². The highest BCUT2D eigenvalue weighted by atomic mass is 35.5. The zero-order valence-electron chi connectivity index (χ0n) is 10.9. The van der Waals surface area contributed by atoms with E-state index in [-0.39, 0.29) is 5.02 Å². The quantitative estimate of drug-likeness (QED) is 0.788. The number of benzene rings is 1. The maximum atomic E-state index is 13.2. The first kappa shape index (κ1) is 12.8. The Balaban J connectivity index is 2.08. The largest absolute Gasteiger partial charge is 0.339 e. The van der Waals surface area contributed by atoms with Crippen LogP contribution in [0.2, 0.25) is 5.02 Å². The molecule has 0 fully saturated rings. The molecule has 3 rings (SSSR count). The number of hydrogen-bond acceptors (Lipinski definition) is 4. The van der Waals surface area contributed by atoms with Crippen molar-refractivity contribution in [3.8, 4) is 0 Å². The summed E-state index contributed by atoms with van der Waals surface area (Å²) in [4.78, 5) is 8.41. The predicted molar refractivity (Wildman–Crippen MR) is 75.7 cm³/mol. The average Bonchev–Trinajstić information content (AvgIpc) is 2.71. The van der Waals surface area contributed by atoms with Crippen LogP contribution in [0.3, 0.4) is 0 Å². The van der Waals surface area contributed by atoms with E-state index in [4.69, 9.17) is 11.6 Å². The molecular weight excluding hydrogens is 281 g/mol. The highest BCUT2D eigenvalue weighted by Crippen LogP contribution is 2.27. The first-order valence-corrected chi connectivity index (χ1v) is 6.30.